The van der Waals surface area contributed by atoms with Gasteiger partial charge in [-0.25, -0.2) is 0 Å². The van der Waals surface area contributed by atoms with Crippen LogP contribution in [0.15, 0.2) is 24.3 Å². The van der Waals surface area contributed by atoms with Gasteiger partial charge in [-0.05, 0) is 63.2 Å². The van der Waals surface area contributed by atoms with E-state index in [0.717, 1.165) is 25.1 Å². The Balaban J connectivity index is 2.13. The number of hydrogen-bond acceptors (Lipinski definition) is 2. The van der Waals surface area contributed by atoms with Gasteiger partial charge in [-0.3, -0.25) is 0 Å². The number of nitrogens with one attached hydrogen (secondary N) is 1. The minimum absolute atomic E-state index is 0.0899. The van der Waals surface area contributed by atoms with Gasteiger partial charge in [0.05, 0.1) is 0 Å². The van der Waals surface area contributed by atoms with Crippen molar-refractivity contribution in [3.8, 4) is 5.75 Å². The molecule has 1 saturated carbocycles. The second kappa shape index (κ2) is 6.42. The van der Waals surface area contributed by atoms with Gasteiger partial charge in [0.2, 0.25) is 0 Å². The highest BCUT2D eigenvalue weighted by Crippen LogP contribution is 2.41. The molecule has 1 aromatic carbocycles. The number of para-hydroxylation sites is 1. The Kier molecular flexibility index (Phi) is 4.87. The van der Waals surface area contributed by atoms with E-state index in [1.807, 2.05) is 7.05 Å². The van der Waals surface area contributed by atoms with E-state index in [1.54, 1.807) is 0 Å². The Hall–Kier alpha value is -1.02. The molecule has 0 spiro atoms. The van der Waals surface area contributed by atoms with Crippen molar-refractivity contribution in [2.24, 2.45) is 0 Å². The average Bonchev–Trinajstić information content (AvgIpc) is 2.41. The Morgan fingerprint density at radius 2 is 2.05 bits per heavy atom. The average molecular weight is 261 g/mol. The van der Waals surface area contributed by atoms with E-state index in [-0.39, 0.29) is 5.60 Å². The molecule has 1 aliphatic carbocycles. The third-order valence-corrected chi connectivity index (χ3v) is 4.48. The van der Waals surface area contributed by atoms with Crippen LogP contribution in [0.4, 0.5) is 0 Å². The molecule has 0 aliphatic heterocycles. The Bertz CT molecular complexity index is 398. The van der Waals surface area contributed by atoms with E-state index in [4.69, 9.17) is 4.74 Å². The van der Waals surface area contributed by atoms with Crippen LogP contribution in [-0.2, 0) is 0 Å². The van der Waals surface area contributed by atoms with Crippen LogP contribution in [0.1, 0.15) is 57.4 Å². The number of benzene rings is 1. The molecule has 0 saturated heterocycles. The fraction of sp³-hybridized carbons (Fsp3) is 0.647. The van der Waals surface area contributed by atoms with Crippen molar-refractivity contribution < 1.29 is 4.74 Å². The number of rotatable bonds is 7. The van der Waals surface area contributed by atoms with Gasteiger partial charge in [0, 0.05) is 0 Å². The van der Waals surface area contributed by atoms with Crippen LogP contribution in [0.3, 0.4) is 0 Å². The van der Waals surface area contributed by atoms with E-state index in [1.165, 1.54) is 24.8 Å². The molecular weight excluding hydrogens is 234 g/mol. The molecule has 0 amide bonds. The van der Waals surface area contributed by atoms with E-state index < -0.39 is 0 Å². The van der Waals surface area contributed by atoms with Gasteiger partial charge in [0.1, 0.15) is 11.4 Å². The maximum atomic E-state index is 6.45. The smallest absolute Gasteiger partial charge is 0.123 e. The Morgan fingerprint density at radius 1 is 1.32 bits per heavy atom. The Morgan fingerprint density at radius 3 is 2.63 bits per heavy atom. The minimum atomic E-state index is 0.0899. The van der Waals surface area contributed by atoms with Crippen molar-refractivity contribution in [3.05, 3.63) is 29.8 Å². The van der Waals surface area contributed by atoms with Crippen molar-refractivity contribution in [2.45, 2.75) is 57.5 Å². The van der Waals surface area contributed by atoms with Gasteiger partial charge < -0.3 is 10.1 Å². The quantitative estimate of drug-likeness (QED) is 0.797. The van der Waals surface area contributed by atoms with Crippen LogP contribution in [0.5, 0.6) is 5.75 Å². The van der Waals surface area contributed by atoms with Crippen LogP contribution < -0.4 is 10.1 Å². The highest BCUT2D eigenvalue weighted by molar-refractivity contribution is 5.36. The summed E-state index contributed by atoms with van der Waals surface area (Å²) in [6, 6.07) is 8.57. The van der Waals surface area contributed by atoms with Crippen LogP contribution in [0.2, 0.25) is 0 Å². The molecule has 1 aromatic rings. The lowest BCUT2D eigenvalue weighted by molar-refractivity contribution is -0.0148. The lowest BCUT2D eigenvalue weighted by Crippen LogP contribution is -2.45. The van der Waals surface area contributed by atoms with Gasteiger partial charge in [0.15, 0.2) is 0 Å². The van der Waals surface area contributed by atoms with Crippen molar-refractivity contribution in [1.29, 1.82) is 0 Å². The van der Waals surface area contributed by atoms with Crippen LogP contribution >= 0.6 is 0 Å². The zero-order chi connectivity index (χ0) is 13.7. The van der Waals surface area contributed by atoms with Gasteiger partial charge >= 0.3 is 0 Å². The molecule has 1 unspecified atom stereocenters. The molecule has 0 bridgehead atoms. The summed E-state index contributed by atoms with van der Waals surface area (Å²) in [5.74, 6) is 1.67. The summed E-state index contributed by atoms with van der Waals surface area (Å²) in [5.41, 5.74) is 1.45. The van der Waals surface area contributed by atoms with Crippen LogP contribution in [-0.4, -0.2) is 19.2 Å². The summed E-state index contributed by atoms with van der Waals surface area (Å²) in [4.78, 5) is 0. The zero-order valence-corrected chi connectivity index (χ0v) is 12.5. The first-order chi connectivity index (χ1) is 9.21. The highest BCUT2D eigenvalue weighted by Gasteiger charge is 2.39. The third-order valence-electron chi connectivity index (χ3n) is 4.48. The molecule has 2 heteroatoms. The molecule has 1 aliphatic rings. The first kappa shape index (κ1) is 14.4. The van der Waals surface area contributed by atoms with Gasteiger partial charge in [-0.15, -0.1) is 0 Å². The second-order valence-electron chi connectivity index (χ2n) is 5.84. The molecule has 1 fully saturated rings. The zero-order valence-electron chi connectivity index (χ0n) is 12.5. The Labute approximate surface area is 117 Å². The summed E-state index contributed by atoms with van der Waals surface area (Å²) in [7, 11) is 2.01. The monoisotopic (exact) mass is 261 g/mol. The lowest BCUT2D eigenvalue weighted by atomic mass is 9.77. The molecular formula is C17H27NO. The van der Waals surface area contributed by atoms with Crippen LogP contribution in [0, 0.1) is 0 Å². The number of hydrogen-bond donors (Lipinski definition) is 1. The molecule has 1 atom stereocenters. The second-order valence-corrected chi connectivity index (χ2v) is 5.84. The van der Waals surface area contributed by atoms with Crippen molar-refractivity contribution in [2.75, 3.05) is 13.6 Å². The summed E-state index contributed by atoms with van der Waals surface area (Å²) in [6.07, 6.45) is 5.96. The fourth-order valence-electron chi connectivity index (χ4n) is 2.76. The molecule has 0 radical (unpaired) electrons. The highest BCUT2D eigenvalue weighted by atomic mass is 16.5. The first-order valence-electron chi connectivity index (χ1n) is 7.63. The van der Waals surface area contributed by atoms with E-state index in [9.17, 15) is 0 Å². The normalized spacial score (nSPS) is 18.7. The topological polar surface area (TPSA) is 21.3 Å². The fourth-order valence-corrected chi connectivity index (χ4v) is 2.76. The predicted molar refractivity (Wildman–Crippen MR) is 80.9 cm³/mol. The molecule has 2 nitrogen and oxygen atoms in total. The molecule has 0 aromatic heterocycles. The summed E-state index contributed by atoms with van der Waals surface area (Å²) < 4.78 is 6.45. The minimum Gasteiger partial charge on any atom is -0.487 e. The standard InChI is InChI=1S/C17H27NO/c1-4-14(2)15-8-5-6-9-16(15)19-17(10-7-11-17)12-13-18-3/h5-6,8-9,14,18H,4,7,10-13H2,1-3H3. The first-order valence-corrected chi connectivity index (χ1v) is 7.63. The number of ether oxygens (including phenoxy) is 1. The van der Waals surface area contributed by atoms with Crippen LogP contribution in [0.25, 0.3) is 0 Å². The predicted octanol–water partition coefficient (Wildman–Crippen LogP) is 4.11. The lowest BCUT2D eigenvalue weighted by Gasteiger charge is -2.42. The van der Waals surface area contributed by atoms with E-state index >= 15 is 0 Å². The van der Waals surface area contributed by atoms with Gasteiger partial charge in [-0.2, -0.15) is 0 Å². The molecule has 19 heavy (non-hydrogen) atoms. The summed E-state index contributed by atoms with van der Waals surface area (Å²) in [5, 5.41) is 3.25. The molecule has 1 N–H and O–H groups in total. The third kappa shape index (κ3) is 3.30. The molecule has 2 rings (SSSR count). The maximum absolute atomic E-state index is 6.45. The van der Waals surface area contributed by atoms with E-state index in [0.29, 0.717) is 5.92 Å². The molecule has 106 valence electrons. The summed E-state index contributed by atoms with van der Waals surface area (Å²) in [6.45, 7) is 5.55. The van der Waals surface area contributed by atoms with E-state index in [2.05, 4.69) is 43.4 Å². The molecule has 0 heterocycles. The van der Waals surface area contributed by atoms with Gasteiger partial charge in [-0.1, -0.05) is 32.0 Å². The van der Waals surface area contributed by atoms with Crippen molar-refractivity contribution >= 4 is 0 Å². The van der Waals surface area contributed by atoms with Gasteiger partial charge in [0.25, 0.3) is 0 Å². The largest absolute Gasteiger partial charge is 0.487 e. The SMILES string of the molecule is CCC(C)c1ccccc1OC1(CCNC)CCC1. The van der Waals surface area contributed by atoms with Crippen molar-refractivity contribution in [3.63, 3.8) is 0 Å². The maximum Gasteiger partial charge on any atom is 0.123 e. The summed E-state index contributed by atoms with van der Waals surface area (Å²) >= 11 is 0. The van der Waals surface area contributed by atoms with Crippen molar-refractivity contribution in [1.82, 2.24) is 5.32 Å².